The van der Waals surface area contributed by atoms with Gasteiger partial charge in [0.15, 0.2) is 5.96 Å². The number of methoxy groups -OCH3 is 1. The summed E-state index contributed by atoms with van der Waals surface area (Å²) in [6, 6.07) is 4.84. The second-order valence-corrected chi connectivity index (χ2v) is 7.77. The van der Waals surface area contributed by atoms with Gasteiger partial charge >= 0.3 is 0 Å². The van der Waals surface area contributed by atoms with Gasteiger partial charge in [0.1, 0.15) is 5.82 Å². The van der Waals surface area contributed by atoms with E-state index in [1.165, 1.54) is 6.07 Å². The van der Waals surface area contributed by atoms with Crippen molar-refractivity contribution < 1.29 is 13.9 Å². The number of halogens is 2. The average molecular weight is 413 g/mol. The highest BCUT2D eigenvalue weighted by Crippen LogP contribution is 2.24. The predicted molar refractivity (Wildman–Crippen MR) is 109 cm³/mol. The smallest absolute Gasteiger partial charge is 0.193 e. The normalized spacial score (nSPS) is 21.0. The van der Waals surface area contributed by atoms with Gasteiger partial charge in [0.05, 0.1) is 5.60 Å². The molecule has 2 saturated heterocycles. The molecule has 8 heteroatoms. The van der Waals surface area contributed by atoms with Crippen LogP contribution in [-0.4, -0.2) is 81.5 Å². The standard InChI is InChI=1S/C20H30ClFN4O2/c1-23-19(24-15-20(27-2)6-12-28-13-7-20)26-10-8-25(9-11-26)14-16-17(21)4-3-5-18(16)22/h3-5H,6-15H2,1-2H3,(H,23,24). The highest BCUT2D eigenvalue weighted by Gasteiger charge is 2.33. The van der Waals surface area contributed by atoms with E-state index in [4.69, 9.17) is 21.1 Å². The van der Waals surface area contributed by atoms with Crippen LogP contribution in [0.1, 0.15) is 18.4 Å². The average Bonchev–Trinajstić information content (AvgIpc) is 2.73. The molecule has 0 saturated carbocycles. The molecular formula is C20H30ClFN4O2. The number of rotatable bonds is 5. The van der Waals surface area contributed by atoms with Crippen LogP contribution in [0.25, 0.3) is 0 Å². The van der Waals surface area contributed by atoms with Crippen LogP contribution in [0.3, 0.4) is 0 Å². The van der Waals surface area contributed by atoms with Gasteiger partial charge in [0.25, 0.3) is 0 Å². The lowest BCUT2D eigenvalue weighted by molar-refractivity contribution is -0.0858. The Kier molecular flexibility index (Phi) is 7.51. The van der Waals surface area contributed by atoms with Crippen molar-refractivity contribution in [3.63, 3.8) is 0 Å². The molecule has 0 aliphatic carbocycles. The molecule has 2 aliphatic rings. The maximum atomic E-state index is 14.0. The topological polar surface area (TPSA) is 49.3 Å². The van der Waals surface area contributed by atoms with Crippen molar-refractivity contribution in [2.75, 3.05) is 60.1 Å². The molecule has 1 aromatic rings. The fourth-order valence-corrected chi connectivity index (χ4v) is 4.02. The first-order valence-electron chi connectivity index (χ1n) is 9.81. The third-order valence-electron chi connectivity index (χ3n) is 5.73. The van der Waals surface area contributed by atoms with Crippen molar-refractivity contribution in [1.82, 2.24) is 15.1 Å². The molecule has 6 nitrogen and oxygen atoms in total. The maximum Gasteiger partial charge on any atom is 0.193 e. The number of piperazine rings is 1. The Bertz CT molecular complexity index is 654. The van der Waals surface area contributed by atoms with Crippen LogP contribution < -0.4 is 5.32 Å². The molecule has 1 N–H and O–H groups in total. The van der Waals surface area contributed by atoms with Gasteiger partial charge < -0.3 is 19.7 Å². The van der Waals surface area contributed by atoms with Crippen molar-refractivity contribution in [2.45, 2.75) is 25.0 Å². The minimum absolute atomic E-state index is 0.197. The highest BCUT2D eigenvalue weighted by atomic mass is 35.5. The Balaban J connectivity index is 1.51. The van der Waals surface area contributed by atoms with Crippen molar-refractivity contribution in [1.29, 1.82) is 0 Å². The second kappa shape index (κ2) is 9.87. The first-order chi connectivity index (χ1) is 13.6. The van der Waals surface area contributed by atoms with E-state index in [0.29, 0.717) is 23.7 Å². The summed E-state index contributed by atoms with van der Waals surface area (Å²) in [5.74, 6) is 0.639. The van der Waals surface area contributed by atoms with Gasteiger partial charge in [-0.05, 0) is 12.1 Å². The fourth-order valence-electron chi connectivity index (χ4n) is 3.79. The minimum atomic E-state index is -0.242. The first-order valence-corrected chi connectivity index (χ1v) is 10.2. The Morgan fingerprint density at radius 1 is 1.29 bits per heavy atom. The van der Waals surface area contributed by atoms with Gasteiger partial charge in [0, 0.05) is 90.1 Å². The summed E-state index contributed by atoms with van der Waals surface area (Å²) >= 11 is 6.17. The number of nitrogens with zero attached hydrogens (tertiary/aromatic N) is 3. The lowest BCUT2D eigenvalue weighted by atomic mass is 9.94. The van der Waals surface area contributed by atoms with E-state index in [1.54, 1.807) is 26.3 Å². The molecule has 0 aromatic heterocycles. The summed E-state index contributed by atoms with van der Waals surface area (Å²) in [5.41, 5.74) is 0.374. The van der Waals surface area contributed by atoms with Crippen molar-refractivity contribution in [3.8, 4) is 0 Å². The molecule has 3 rings (SSSR count). The number of guanidine groups is 1. The summed E-state index contributed by atoms with van der Waals surface area (Å²) in [6.45, 7) is 6.01. The maximum absolute atomic E-state index is 14.0. The number of nitrogens with one attached hydrogen (secondary N) is 1. The van der Waals surface area contributed by atoms with E-state index in [2.05, 4.69) is 20.1 Å². The molecule has 156 valence electrons. The monoisotopic (exact) mass is 412 g/mol. The Morgan fingerprint density at radius 3 is 2.61 bits per heavy atom. The van der Waals surface area contributed by atoms with Gasteiger partial charge in [-0.25, -0.2) is 4.39 Å². The van der Waals surface area contributed by atoms with Gasteiger partial charge in [-0.3, -0.25) is 9.89 Å². The lowest BCUT2D eigenvalue weighted by Gasteiger charge is -2.39. The van der Waals surface area contributed by atoms with Crippen LogP contribution in [0.4, 0.5) is 4.39 Å². The molecule has 0 amide bonds. The van der Waals surface area contributed by atoms with Crippen LogP contribution in [0, 0.1) is 5.82 Å². The molecular weight excluding hydrogens is 383 g/mol. The van der Waals surface area contributed by atoms with Crippen LogP contribution in [-0.2, 0) is 16.0 Å². The van der Waals surface area contributed by atoms with E-state index in [9.17, 15) is 4.39 Å². The van der Waals surface area contributed by atoms with E-state index < -0.39 is 0 Å². The zero-order chi connectivity index (χ0) is 20.0. The molecule has 0 spiro atoms. The molecule has 2 aliphatic heterocycles. The van der Waals surface area contributed by atoms with Crippen molar-refractivity contribution in [2.24, 2.45) is 4.99 Å². The SMILES string of the molecule is CN=C(NCC1(OC)CCOCC1)N1CCN(Cc2c(F)cccc2Cl)CC1. The Morgan fingerprint density at radius 2 is 2.00 bits per heavy atom. The summed E-state index contributed by atoms with van der Waals surface area (Å²) in [6.07, 6.45) is 1.76. The van der Waals surface area contributed by atoms with E-state index in [0.717, 1.165) is 58.2 Å². The molecule has 2 fully saturated rings. The molecule has 0 atom stereocenters. The zero-order valence-electron chi connectivity index (χ0n) is 16.7. The van der Waals surface area contributed by atoms with Crippen molar-refractivity contribution in [3.05, 3.63) is 34.6 Å². The number of hydrogen-bond donors (Lipinski definition) is 1. The first kappa shape index (κ1) is 21.3. The second-order valence-electron chi connectivity index (χ2n) is 7.36. The minimum Gasteiger partial charge on any atom is -0.381 e. The van der Waals surface area contributed by atoms with Crippen LogP contribution >= 0.6 is 11.6 Å². The molecule has 28 heavy (non-hydrogen) atoms. The number of hydrogen-bond acceptors (Lipinski definition) is 4. The third-order valence-corrected chi connectivity index (χ3v) is 6.09. The van der Waals surface area contributed by atoms with Crippen LogP contribution in [0.5, 0.6) is 0 Å². The molecule has 1 aromatic carbocycles. The van der Waals surface area contributed by atoms with E-state index >= 15 is 0 Å². The molecule has 2 heterocycles. The van der Waals surface area contributed by atoms with Gasteiger partial charge in [0.2, 0.25) is 0 Å². The van der Waals surface area contributed by atoms with Crippen molar-refractivity contribution >= 4 is 17.6 Å². The number of ether oxygens (including phenoxy) is 2. The zero-order valence-corrected chi connectivity index (χ0v) is 17.5. The number of aliphatic imine (C=N–C) groups is 1. The summed E-state index contributed by atoms with van der Waals surface area (Å²) < 4.78 is 25.3. The van der Waals surface area contributed by atoms with Gasteiger partial charge in [-0.2, -0.15) is 0 Å². The Labute approximate surface area is 171 Å². The molecule has 0 unspecified atom stereocenters. The molecule has 0 bridgehead atoms. The number of benzene rings is 1. The van der Waals surface area contributed by atoms with Crippen LogP contribution in [0.15, 0.2) is 23.2 Å². The van der Waals surface area contributed by atoms with Crippen LogP contribution in [0.2, 0.25) is 5.02 Å². The fraction of sp³-hybridized carbons (Fsp3) is 0.650. The largest absolute Gasteiger partial charge is 0.381 e. The van der Waals surface area contributed by atoms with Gasteiger partial charge in [-0.1, -0.05) is 17.7 Å². The summed E-state index contributed by atoms with van der Waals surface area (Å²) in [5, 5.41) is 3.97. The predicted octanol–water partition coefficient (Wildman–Crippen LogP) is 2.37. The summed E-state index contributed by atoms with van der Waals surface area (Å²) in [7, 11) is 3.57. The van der Waals surface area contributed by atoms with E-state index in [1.807, 2.05) is 0 Å². The molecule has 0 radical (unpaired) electrons. The van der Waals surface area contributed by atoms with E-state index in [-0.39, 0.29) is 11.4 Å². The third kappa shape index (κ3) is 5.14. The Hall–Kier alpha value is -1.41. The highest BCUT2D eigenvalue weighted by molar-refractivity contribution is 6.31. The summed E-state index contributed by atoms with van der Waals surface area (Å²) in [4.78, 5) is 8.91. The lowest BCUT2D eigenvalue weighted by Crippen LogP contribution is -2.55. The van der Waals surface area contributed by atoms with Gasteiger partial charge in [-0.15, -0.1) is 0 Å². The quantitative estimate of drug-likeness (QED) is 0.594.